The predicted molar refractivity (Wildman–Crippen MR) is 38.0 cm³/mol. The molecule has 2 nitrogen and oxygen atoms in total. The summed E-state index contributed by atoms with van der Waals surface area (Å²) in [5.41, 5.74) is 0. The Bertz CT molecular complexity index is 224. The van der Waals surface area contributed by atoms with Crippen molar-refractivity contribution in [2.75, 3.05) is 13.3 Å². The zero-order valence-electron chi connectivity index (χ0n) is 6.95. The van der Waals surface area contributed by atoms with Crippen molar-refractivity contribution in [2.24, 2.45) is 0 Å². The molecule has 0 aromatic heterocycles. The normalized spacial score (nSPS) is 13.3. The fraction of sp³-hybridized carbons (Fsp3) is 0.667. The van der Waals surface area contributed by atoms with E-state index in [9.17, 15) is 26.3 Å². The van der Waals surface area contributed by atoms with E-state index < -0.39 is 37.0 Å². The van der Waals surface area contributed by atoms with Crippen molar-refractivity contribution in [1.29, 1.82) is 0 Å². The highest BCUT2D eigenvalue weighted by Gasteiger charge is 2.28. The van der Waals surface area contributed by atoms with Crippen molar-refractivity contribution in [3.05, 3.63) is 12.0 Å². The van der Waals surface area contributed by atoms with E-state index in [4.69, 9.17) is 0 Å². The van der Waals surface area contributed by atoms with E-state index in [0.717, 1.165) is 0 Å². The molecule has 0 bridgehead atoms. The number of hydrogen-bond acceptors (Lipinski definition) is 2. The summed E-state index contributed by atoms with van der Waals surface area (Å²) < 4.78 is 78.3. The summed E-state index contributed by atoms with van der Waals surface area (Å²) in [6.45, 7) is -3.38. The van der Waals surface area contributed by atoms with Gasteiger partial charge in [0.2, 0.25) is 0 Å². The Morgan fingerprint density at radius 1 is 1.33 bits per heavy atom. The molecule has 0 aliphatic carbocycles. The summed E-state index contributed by atoms with van der Waals surface area (Å²) in [7, 11) is 0. The van der Waals surface area contributed by atoms with Crippen molar-refractivity contribution in [2.45, 2.75) is 11.7 Å². The molecule has 9 heteroatoms. The van der Waals surface area contributed by atoms with Crippen LogP contribution in [0.2, 0.25) is 0 Å². The number of alkyl halides is 5. The van der Waals surface area contributed by atoms with Gasteiger partial charge in [-0.3, -0.25) is 0 Å². The smallest absolute Gasteiger partial charge is 0.355 e. The standard InChI is InChI=1S/C6H5ClF6O2/c7-6(12,13)2-14-5(4(10)11)15-3(9)1-8/h3H,1-2H2. The van der Waals surface area contributed by atoms with Crippen LogP contribution in [0.3, 0.4) is 0 Å². The lowest BCUT2D eigenvalue weighted by Crippen LogP contribution is -2.18. The minimum absolute atomic E-state index is 1.65. The van der Waals surface area contributed by atoms with E-state index in [2.05, 4.69) is 21.1 Å². The molecule has 1 unspecified atom stereocenters. The third kappa shape index (κ3) is 7.18. The van der Waals surface area contributed by atoms with Crippen LogP contribution in [0.1, 0.15) is 0 Å². The topological polar surface area (TPSA) is 18.5 Å². The third-order valence-corrected chi connectivity index (χ3v) is 0.987. The molecule has 90 valence electrons. The molecule has 0 N–H and O–H groups in total. The van der Waals surface area contributed by atoms with Crippen LogP contribution in [0.4, 0.5) is 26.3 Å². The molecule has 0 rings (SSSR count). The summed E-state index contributed by atoms with van der Waals surface area (Å²) in [5.74, 6) is -1.82. The van der Waals surface area contributed by atoms with Crippen LogP contribution in [0, 0.1) is 0 Å². The van der Waals surface area contributed by atoms with Crippen molar-refractivity contribution in [3.63, 3.8) is 0 Å². The molecule has 15 heavy (non-hydrogen) atoms. The van der Waals surface area contributed by atoms with Crippen LogP contribution in [0.15, 0.2) is 12.0 Å². The molecule has 0 radical (unpaired) electrons. The third-order valence-electron chi connectivity index (χ3n) is 0.877. The second-order valence-electron chi connectivity index (χ2n) is 2.13. The minimum atomic E-state index is -3.91. The summed E-state index contributed by atoms with van der Waals surface area (Å²) in [5, 5.41) is -3.91. The van der Waals surface area contributed by atoms with E-state index in [1.165, 1.54) is 0 Å². The van der Waals surface area contributed by atoms with Gasteiger partial charge in [-0.1, -0.05) is 0 Å². The first-order valence-corrected chi connectivity index (χ1v) is 3.75. The highest BCUT2D eigenvalue weighted by Crippen LogP contribution is 2.22. The van der Waals surface area contributed by atoms with Gasteiger partial charge < -0.3 is 9.47 Å². The largest absolute Gasteiger partial charge is 0.454 e. The first-order valence-electron chi connectivity index (χ1n) is 3.37. The SMILES string of the molecule is FCC(F)OC(OCC(F)(F)Cl)=C(F)F. The van der Waals surface area contributed by atoms with Gasteiger partial charge >= 0.3 is 17.4 Å². The molecule has 0 heterocycles. The van der Waals surface area contributed by atoms with Crippen molar-refractivity contribution < 1.29 is 35.8 Å². The molecule has 0 saturated heterocycles. The van der Waals surface area contributed by atoms with Gasteiger partial charge in [-0.2, -0.15) is 22.0 Å². The average molecular weight is 259 g/mol. The highest BCUT2D eigenvalue weighted by molar-refractivity contribution is 6.21. The number of ether oxygens (including phenoxy) is 2. The first kappa shape index (κ1) is 14.2. The van der Waals surface area contributed by atoms with Crippen molar-refractivity contribution >= 4 is 11.6 Å². The fourth-order valence-corrected chi connectivity index (χ4v) is 0.483. The Kier molecular flexibility index (Phi) is 5.63. The lowest BCUT2D eigenvalue weighted by molar-refractivity contribution is -0.107. The van der Waals surface area contributed by atoms with Gasteiger partial charge in [-0.25, -0.2) is 4.39 Å². The number of hydrogen-bond donors (Lipinski definition) is 0. The van der Waals surface area contributed by atoms with E-state index in [0.29, 0.717) is 0 Å². The van der Waals surface area contributed by atoms with Crippen LogP contribution in [0.25, 0.3) is 0 Å². The first-order chi connectivity index (χ1) is 6.76. The minimum Gasteiger partial charge on any atom is -0.454 e. The quantitative estimate of drug-likeness (QED) is 0.414. The van der Waals surface area contributed by atoms with Crippen molar-refractivity contribution in [1.82, 2.24) is 0 Å². The van der Waals surface area contributed by atoms with E-state index in [-0.39, 0.29) is 0 Å². The van der Waals surface area contributed by atoms with Gasteiger partial charge in [0.1, 0.15) is 0 Å². The van der Waals surface area contributed by atoms with Crippen LogP contribution >= 0.6 is 11.6 Å². The van der Waals surface area contributed by atoms with Crippen molar-refractivity contribution in [3.8, 4) is 0 Å². The van der Waals surface area contributed by atoms with Gasteiger partial charge in [0.05, 0.1) is 0 Å². The van der Waals surface area contributed by atoms with E-state index >= 15 is 0 Å². The summed E-state index contributed by atoms with van der Waals surface area (Å²) in [4.78, 5) is 0. The van der Waals surface area contributed by atoms with Crippen LogP contribution in [-0.2, 0) is 9.47 Å². The van der Waals surface area contributed by atoms with Gasteiger partial charge in [-0.05, 0) is 11.6 Å². The fourth-order valence-electron chi connectivity index (χ4n) is 0.428. The van der Waals surface area contributed by atoms with Gasteiger partial charge in [0.15, 0.2) is 13.3 Å². The Balaban J connectivity index is 4.27. The monoisotopic (exact) mass is 258 g/mol. The summed E-state index contributed by atoms with van der Waals surface area (Å²) in [6.07, 6.45) is -5.42. The van der Waals surface area contributed by atoms with Crippen LogP contribution < -0.4 is 0 Å². The Morgan fingerprint density at radius 2 is 1.87 bits per heavy atom. The lowest BCUT2D eigenvalue weighted by atomic mass is 10.7. The zero-order chi connectivity index (χ0) is 12.1. The second kappa shape index (κ2) is 5.94. The summed E-state index contributed by atoms with van der Waals surface area (Å²) >= 11 is 4.30. The lowest BCUT2D eigenvalue weighted by Gasteiger charge is -2.13. The molecule has 0 fully saturated rings. The van der Waals surface area contributed by atoms with E-state index in [1.54, 1.807) is 0 Å². The molecule has 0 aliphatic heterocycles. The maximum atomic E-state index is 12.1. The summed E-state index contributed by atoms with van der Waals surface area (Å²) in [6, 6.07) is 0. The molecule has 0 spiro atoms. The van der Waals surface area contributed by atoms with Crippen LogP contribution in [0.5, 0.6) is 0 Å². The molecule has 0 amide bonds. The Hall–Kier alpha value is -0.790. The molecule has 0 aliphatic rings. The zero-order valence-corrected chi connectivity index (χ0v) is 7.71. The number of rotatable bonds is 6. The van der Waals surface area contributed by atoms with Crippen LogP contribution in [-0.4, -0.2) is 25.0 Å². The molecule has 0 aromatic rings. The van der Waals surface area contributed by atoms with E-state index in [1.807, 2.05) is 0 Å². The Labute approximate surface area is 85.4 Å². The maximum Gasteiger partial charge on any atom is 0.355 e. The molecular formula is C6H5ClF6O2. The van der Waals surface area contributed by atoms with Gasteiger partial charge in [0, 0.05) is 0 Å². The van der Waals surface area contributed by atoms with Gasteiger partial charge in [-0.15, -0.1) is 0 Å². The highest BCUT2D eigenvalue weighted by atomic mass is 35.5. The average Bonchev–Trinajstić information content (AvgIpc) is 2.09. The second-order valence-corrected chi connectivity index (χ2v) is 2.69. The molecule has 1 atom stereocenters. The van der Waals surface area contributed by atoms with Gasteiger partial charge in [0.25, 0.3) is 6.36 Å². The molecular weight excluding hydrogens is 254 g/mol. The number of halogens is 7. The molecule has 0 aromatic carbocycles. The Morgan fingerprint density at radius 3 is 2.20 bits per heavy atom. The predicted octanol–water partition coefficient (Wildman–Crippen LogP) is 3.18. The molecule has 0 saturated carbocycles. The maximum absolute atomic E-state index is 12.1.